The zero-order valence-corrected chi connectivity index (χ0v) is 13.0. The monoisotopic (exact) mass is 292 g/mol. The fourth-order valence-corrected chi connectivity index (χ4v) is 2.56. The molecule has 0 radical (unpaired) electrons. The Bertz CT molecular complexity index is 498. The number of nitrogens with zero attached hydrogens (tertiary/aromatic N) is 3. The van der Waals surface area contributed by atoms with Gasteiger partial charge in [-0.1, -0.05) is 6.92 Å². The summed E-state index contributed by atoms with van der Waals surface area (Å²) in [5.41, 5.74) is 6.52. The van der Waals surface area contributed by atoms with Gasteiger partial charge in [-0.05, 0) is 19.4 Å². The van der Waals surface area contributed by atoms with Gasteiger partial charge in [0.2, 0.25) is 0 Å². The van der Waals surface area contributed by atoms with Crippen LogP contribution in [0.25, 0.3) is 0 Å². The minimum Gasteiger partial charge on any atom is -0.465 e. The Morgan fingerprint density at radius 3 is 2.67 bits per heavy atom. The molecule has 2 N–H and O–H groups in total. The van der Waals surface area contributed by atoms with Crippen LogP contribution in [0.4, 0.5) is 11.5 Å². The number of anilines is 2. The van der Waals surface area contributed by atoms with Gasteiger partial charge in [-0.3, -0.25) is 4.90 Å². The van der Waals surface area contributed by atoms with E-state index < -0.39 is 5.97 Å². The first-order chi connectivity index (χ1) is 10.1. The van der Waals surface area contributed by atoms with Crippen molar-refractivity contribution in [3.8, 4) is 0 Å². The van der Waals surface area contributed by atoms with Crippen molar-refractivity contribution in [2.45, 2.75) is 26.3 Å². The molecular formula is C15H24N4O2. The Morgan fingerprint density at radius 1 is 1.43 bits per heavy atom. The lowest BCUT2D eigenvalue weighted by molar-refractivity contribution is 0.0602. The highest BCUT2D eigenvalue weighted by Gasteiger charge is 2.22. The van der Waals surface area contributed by atoms with Gasteiger partial charge in [-0.15, -0.1) is 0 Å². The van der Waals surface area contributed by atoms with E-state index in [4.69, 9.17) is 10.5 Å². The number of carbonyl (C=O) groups excluding carboxylic acids is 1. The van der Waals surface area contributed by atoms with Gasteiger partial charge < -0.3 is 15.4 Å². The Balaban J connectivity index is 2.08. The summed E-state index contributed by atoms with van der Waals surface area (Å²) in [5.74, 6) is 0.364. The maximum Gasteiger partial charge on any atom is 0.340 e. The zero-order valence-electron chi connectivity index (χ0n) is 13.0. The van der Waals surface area contributed by atoms with E-state index in [1.807, 2.05) is 0 Å². The number of carbonyl (C=O) groups is 1. The summed E-state index contributed by atoms with van der Waals surface area (Å²) in [4.78, 5) is 20.7. The van der Waals surface area contributed by atoms with Gasteiger partial charge in [0.25, 0.3) is 0 Å². The largest absolute Gasteiger partial charge is 0.465 e. The Hall–Kier alpha value is -1.82. The number of nitrogen functional groups attached to an aromatic ring is 1. The van der Waals surface area contributed by atoms with Crippen LogP contribution in [0.5, 0.6) is 0 Å². The summed E-state index contributed by atoms with van der Waals surface area (Å²) in [7, 11) is 1.35. The predicted octanol–water partition coefficient (Wildman–Crippen LogP) is 1.37. The summed E-state index contributed by atoms with van der Waals surface area (Å²) in [6.45, 7) is 8.29. The summed E-state index contributed by atoms with van der Waals surface area (Å²) >= 11 is 0. The summed E-state index contributed by atoms with van der Waals surface area (Å²) in [6.07, 6.45) is 2.69. The first kappa shape index (κ1) is 15.6. The van der Waals surface area contributed by atoms with Gasteiger partial charge in [0.05, 0.1) is 24.6 Å². The molecule has 2 rings (SSSR count). The number of esters is 1. The molecule has 1 fully saturated rings. The highest BCUT2D eigenvalue weighted by molar-refractivity contribution is 5.95. The third-order valence-electron chi connectivity index (χ3n) is 4.18. The predicted molar refractivity (Wildman–Crippen MR) is 83.5 cm³/mol. The van der Waals surface area contributed by atoms with Crippen molar-refractivity contribution in [1.82, 2.24) is 9.88 Å². The molecule has 0 amide bonds. The number of pyridine rings is 1. The fraction of sp³-hybridized carbons (Fsp3) is 0.600. The van der Waals surface area contributed by atoms with Gasteiger partial charge >= 0.3 is 5.97 Å². The van der Waals surface area contributed by atoms with E-state index in [-0.39, 0.29) is 0 Å². The van der Waals surface area contributed by atoms with E-state index in [9.17, 15) is 4.79 Å². The van der Waals surface area contributed by atoms with Crippen molar-refractivity contribution in [3.05, 3.63) is 17.8 Å². The fourth-order valence-electron chi connectivity index (χ4n) is 2.56. The second-order valence-electron chi connectivity index (χ2n) is 5.40. The number of hydrogen-bond acceptors (Lipinski definition) is 6. The highest BCUT2D eigenvalue weighted by Crippen LogP contribution is 2.21. The third kappa shape index (κ3) is 3.44. The molecule has 0 aromatic carbocycles. The lowest BCUT2D eigenvalue weighted by Crippen LogP contribution is -2.49. The van der Waals surface area contributed by atoms with Crippen molar-refractivity contribution >= 4 is 17.5 Å². The Kier molecular flexibility index (Phi) is 5.01. The number of aromatic nitrogens is 1. The van der Waals surface area contributed by atoms with E-state index in [1.54, 1.807) is 6.07 Å². The van der Waals surface area contributed by atoms with Gasteiger partial charge in [0, 0.05) is 32.2 Å². The average Bonchev–Trinajstić information content (AvgIpc) is 2.54. The van der Waals surface area contributed by atoms with Crippen LogP contribution in [-0.4, -0.2) is 55.2 Å². The van der Waals surface area contributed by atoms with E-state index >= 15 is 0 Å². The molecule has 1 atom stereocenters. The SMILES string of the molecule is CCC(C)N1CCN(c2cc(C(=O)OC)c(N)cn2)CC1. The lowest BCUT2D eigenvalue weighted by Gasteiger charge is -2.38. The van der Waals surface area contributed by atoms with Crippen molar-refractivity contribution in [3.63, 3.8) is 0 Å². The molecule has 2 heterocycles. The molecule has 0 spiro atoms. The van der Waals surface area contributed by atoms with Crippen LogP contribution < -0.4 is 10.6 Å². The molecule has 0 saturated carbocycles. The number of hydrogen-bond donors (Lipinski definition) is 1. The van der Waals surface area contributed by atoms with E-state index in [2.05, 4.69) is 28.6 Å². The zero-order chi connectivity index (χ0) is 15.4. The second kappa shape index (κ2) is 6.76. The molecule has 21 heavy (non-hydrogen) atoms. The van der Waals surface area contributed by atoms with Crippen LogP contribution in [0.3, 0.4) is 0 Å². The van der Waals surface area contributed by atoms with Crippen LogP contribution in [0, 0.1) is 0 Å². The normalized spacial score (nSPS) is 17.6. The maximum absolute atomic E-state index is 11.7. The van der Waals surface area contributed by atoms with Crippen LogP contribution in [0.1, 0.15) is 30.6 Å². The first-order valence-electron chi connectivity index (χ1n) is 7.39. The summed E-state index contributed by atoms with van der Waals surface area (Å²) in [6, 6.07) is 2.33. The van der Waals surface area contributed by atoms with Crippen molar-refractivity contribution in [1.29, 1.82) is 0 Å². The van der Waals surface area contributed by atoms with E-state index in [0.29, 0.717) is 17.3 Å². The van der Waals surface area contributed by atoms with Crippen molar-refractivity contribution < 1.29 is 9.53 Å². The maximum atomic E-state index is 11.7. The van der Waals surface area contributed by atoms with Crippen LogP contribution in [0.15, 0.2) is 12.3 Å². The Morgan fingerprint density at radius 2 is 2.10 bits per heavy atom. The molecule has 6 heteroatoms. The summed E-state index contributed by atoms with van der Waals surface area (Å²) in [5, 5.41) is 0. The van der Waals surface area contributed by atoms with Gasteiger partial charge in [-0.25, -0.2) is 9.78 Å². The molecule has 6 nitrogen and oxygen atoms in total. The summed E-state index contributed by atoms with van der Waals surface area (Å²) < 4.78 is 4.75. The lowest BCUT2D eigenvalue weighted by atomic mass is 10.1. The van der Waals surface area contributed by atoms with E-state index in [0.717, 1.165) is 38.4 Å². The molecule has 1 unspecified atom stereocenters. The van der Waals surface area contributed by atoms with Gasteiger partial charge in [0.1, 0.15) is 5.82 Å². The molecule has 1 aliphatic heterocycles. The highest BCUT2D eigenvalue weighted by atomic mass is 16.5. The minimum atomic E-state index is -0.422. The molecule has 1 aromatic heterocycles. The Labute approximate surface area is 125 Å². The van der Waals surface area contributed by atoms with Crippen molar-refractivity contribution in [2.75, 3.05) is 43.9 Å². The first-order valence-corrected chi connectivity index (χ1v) is 7.39. The third-order valence-corrected chi connectivity index (χ3v) is 4.18. The van der Waals surface area contributed by atoms with Crippen LogP contribution >= 0.6 is 0 Å². The second-order valence-corrected chi connectivity index (χ2v) is 5.40. The average molecular weight is 292 g/mol. The molecule has 1 saturated heterocycles. The quantitative estimate of drug-likeness (QED) is 0.845. The van der Waals surface area contributed by atoms with Gasteiger partial charge in [-0.2, -0.15) is 0 Å². The minimum absolute atomic E-state index is 0.351. The standard InChI is InChI=1S/C15H24N4O2/c1-4-11(2)18-5-7-19(8-6-18)14-9-12(15(20)21-3)13(16)10-17-14/h9-11H,4-8,16H2,1-3H3. The number of methoxy groups -OCH3 is 1. The molecular weight excluding hydrogens is 268 g/mol. The molecule has 1 aliphatic rings. The smallest absolute Gasteiger partial charge is 0.340 e. The number of rotatable bonds is 4. The van der Waals surface area contributed by atoms with Crippen molar-refractivity contribution in [2.24, 2.45) is 0 Å². The molecule has 0 bridgehead atoms. The van der Waals surface area contributed by atoms with Crippen LogP contribution in [-0.2, 0) is 4.74 Å². The van der Waals surface area contributed by atoms with E-state index in [1.165, 1.54) is 13.3 Å². The molecule has 1 aromatic rings. The number of piperazine rings is 1. The topological polar surface area (TPSA) is 71.7 Å². The van der Waals surface area contributed by atoms with Gasteiger partial charge in [0.15, 0.2) is 0 Å². The number of ether oxygens (including phenoxy) is 1. The van der Waals surface area contributed by atoms with Crippen LogP contribution in [0.2, 0.25) is 0 Å². The number of nitrogens with two attached hydrogens (primary N) is 1. The molecule has 116 valence electrons. The molecule has 0 aliphatic carbocycles.